The molecule has 1 aliphatic rings. The van der Waals surface area contributed by atoms with Crippen molar-refractivity contribution in [2.45, 2.75) is 39.8 Å². The molecular formula is C26H31ClN2O4. The van der Waals surface area contributed by atoms with Crippen LogP contribution in [0, 0.1) is 0 Å². The van der Waals surface area contributed by atoms with Gasteiger partial charge in [-0.2, -0.15) is 0 Å². The Morgan fingerprint density at radius 2 is 1.79 bits per heavy atom. The SMILES string of the molecule is CCN(CC)CCN1C(=O)C(=O)C(=C(O)c2ccc(OC(C)C)cc2)[C@@H]1c1cccc(Cl)c1. The summed E-state index contributed by atoms with van der Waals surface area (Å²) >= 11 is 6.23. The average molecular weight is 471 g/mol. The number of likely N-dealkylation sites (tertiary alicyclic amines) is 1. The monoisotopic (exact) mass is 470 g/mol. The van der Waals surface area contributed by atoms with E-state index in [1.54, 1.807) is 42.5 Å². The minimum absolute atomic E-state index is 0.0170. The van der Waals surface area contributed by atoms with E-state index in [4.69, 9.17) is 16.3 Å². The number of hydrogen-bond acceptors (Lipinski definition) is 5. The summed E-state index contributed by atoms with van der Waals surface area (Å²) in [6.45, 7) is 10.6. The highest BCUT2D eigenvalue weighted by Gasteiger charge is 2.46. The Morgan fingerprint density at radius 3 is 2.36 bits per heavy atom. The van der Waals surface area contributed by atoms with E-state index in [9.17, 15) is 14.7 Å². The van der Waals surface area contributed by atoms with Gasteiger partial charge in [-0.05, 0) is 68.9 Å². The van der Waals surface area contributed by atoms with Crippen LogP contribution >= 0.6 is 11.6 Å². The molecule has 0 spiro atoms. The first kappa shape index (κ1) is 24.8. The summed E-state index contributed by atoms with van der Waals surface area (Å²) in [4.78, 5) is 29.9. The second-order valence-electron chi connectivity index (χ2n) is 8.27. The van der Waals surface area contributed by atoms with Gasteiger partial charge in [0.15, 0.2) is 0 Å². The van der Waals surface area contributed by atoms with Gasteiger partial charge in [0.1, 0.15) is 11.5 Å². The summed E-state index contributed by atoms with van der Waals surface area (Å²) in [6, 6.07) is 13.2. The molecule has 1 saturated heterocycles. The summed E-state index contributed by atoms with van der Waals surface area (Å²) in [6.07, 6.45) is 0.0170. The second-order valence-corrected chi connectivity index (χ2v) is 8.70. The zero-order valence-corrected chi connectivity index (χ0v) is 20.3. The van der Waals surface area contributed by atoms with Crippen LogP contribution in [-0.4, -0.2) is 58.9 Å². The molecule has 3 rings (SSSR count). The summed E-state index contributed by atoms with van der Waals surface area (Å²) in [5.41, 5.74) is 1.20. The van der Waals surface area contributed by atoms with Crippen molar-refractivity contribution in [3.8, 4) is 5.75 Å². The molecule has 1 heterocycles. The maximum atomic E-state index is 13.1. The van der Waals surface area contributed by atoms with Gasteiger partial charge in [0.25, 0.3) is 11.7 Å². The van der Waals surface area contributed by atoms with E-state index in [-0.39, 0.29) is 17.4 Å². The number of likely N-dealkylation sites (N-methyl/N-ethyl adjacent to an activating group) is 1. The van der Waals surface area contributed by atoms with E-state index in [0.29, 0.717) is 35.0 Å². The highest BCUT2D eigenvalue weighted by Crippen LogP contribution is 2.40. The summed E-state index contributed by atoms with van der Waals surface area (Å²) in [5.74, 6) is -0.861. The molecule has 0 bridgehead atoms. The predicted molar refractivity (Wildman–Crippen MR) is 130 cm³/mol. The van der Waals surface area contributed by atoms with Gasteiger partial charge < -0.3 is 19.6 Å². The molecule has 0 saturated carbocycles. The number of aliphatic hydroxyl groups excluding tert-OH is 1. The first-order valence-corrected chi connectivity index (χ1v) is 11.7. The normalized spacial score (nSPS) is 17.9. The van der Waals surface area contributed by atoms with Crippen LogP contribution in [0.4, 0.5) is 0 Å². The fraction of sp³-hybridized carbons (Fsp3) is 0.385. The minimum Gasteiger partial charge on any atom is -0.507 e. The number of amides is 1. The molecule has 0 radical (unpaired) electrons. The molecule has 1 N–H and O–H groups in total. The van der Waals surface area contributed by atoms with Gasteiger partial charge in [0.05, 0.1) is 17.7 Å². The number of benzene rings is 2. The molecule has 2 aromatic rings. The lowest BCUT2D eigenvalue weighted by Crippen LogP contribution is -2.38. The van der Waals surface area contributed by atoms with Crippen molar-refractivity contribution in [3.05, 3.63) is 70.3 Å². The Hall–Kier alpha value is -2.83. The molecule has 33 heavy (non-hydrogen) atoms. The minimum atomic E-state index is -0.717. The van der Waals surface area contributed by atoms with Crippen molar-refractivity contribution >= 4 is 29.1 Å². The first-order valence-electron chi connectivity index (χ1n) is 11.3. The Morgan fingerprint density at radius 1 is 1.12 bits per heavy atom. The quantitative estimate of drug-likeness (QED) is 0.321. The smallest absolute Gasteiger partial charge is 0.295 e. The number of carbonyl (C=O) groups is 2. The van der Waals surface area contributed by atoms with E-state index in [2.05, 4.69) is 18.7 Å². The maximum Gasteiger partial charge on any atom is 0.295 e. The Kier molecular flexibility index (Phi) is 8.16. The zero-order valence-electron chi connectivity index (χ0n) is 19.5. The Bertz CT molecular complexity index is 1030. The molecular weight excluding hydrogens is 440 g/mol. The number of Topliss-reactive ketones (excluding diaryl/α,β-unsaturated/α-hetero) is 1. The maximum absolute atomic E-state index is 13.1. The van der Waals surface area contributed by atoms with Crippen molar-refractivity contribution in [2.24, 2.45) is 0 Å². The van der Waals surface area contributed by atoms with Gasteiger partial charge >= 0.3 is 0 Å². The third-order valence-corrected chi connectivity index (χ3v) is 5.99. The molecule has 0 aliphatic carbocycles. The number of ketones is 1. The molecule has 6 nitrogen and oxygen atoms in total. The summed E-state index contributed by atoms with van der Waals surface area (Å²) < 4.78 is 5.66. The van der Waals surface area contributed by atoms with Crippen LogP contribution in [0.1, 0.15) is 44.9 Å². The van der Waals surface area contributed by atoms with Crippen molar-refractivity contribution in [3.63, 3.8) is 0 Å². The lowest BCUT2D eigenvalue weighted by atomic mass is 9.95. The topological polar surface area (TPSA) is 70.1 Å². The van der Waals surface area contributed by atoms with Crippen molar-refractivity contribution in [1.29, 1.82) is 0 Å². The number of rotatable bonds is 9. The molecule has 2 aromatic carbocycles. The predicted octanol–water partition coefficient (Wildman–Crippen LogP) is 4.89. The van der Waals surface area contributed by atoms with E-state index < -0.39 is 17.7 Å². The van der Waals surface area contributed by atoms with Crippen LogP contribution in [0.15, 0.2) is 54.1 Å². The summed E-state index contributed by atoms with van der Waals surface area (Å²) in [7, 11) is 0. The van der Waals surface area contributed by atoms with Crippen molar-refractivity contribution in [2.75, 3.05) is 26.2 Å². The van der Waals surface area contributed by atoms with Crippen LogP contribution in [0.3, 0.4) is 0 Å². The fourth-order valence-corrected chi connectivity index (χ4v) is 4.24. The van der Waals surface area contributed by atoms with Crippen LogP contribution in [0.5, 0.6) is 5.75 Å². The van der Waals surface area contributed by atoms with E-state index in [0.717, 1.165) is 13.1 Å². The largest absolute Gasteiger partial charge is 0.507 e. The number of carbonyl (C=O) groups excluding carboxylic acids is 2. The second kappa shape index (κ2) is 10.9. The lowest BCUT2D eigenvalue weighted by molar-refractivity contribution is -0.140. The van der Waals surface area contributed by atoms with Gasteiger partial charge in [0, 0.05) is 23.7 Å². The van der Waals surface area contributed by atoms with Crippen molar-refractivity contribution < 1.29 is 19.4 Å². The number of halogens is 1. The van der Waals surface area contributed by atoms with E-state index >= 15 is 0 Å². The molecule has 1 aliphatic heterocycles. The van der Waals surface area contributed by atoms with Crippen LogP contribution in [0.2, 0.25) is 5.02 Å². The molecule has 1 fully saturated rings. The molecule has 1 atom stereocenters. The van der Waals surface area contributed by atoms with Gasteiger partial charge in [0.2, 0.25) is 0 Å². The van der Waals surface area contributed by atoms with E-state index in [1.807, 2.05) is 19.9 Å². The molecule has 1 amide bonds. The third-order valence-electron chi connectivity index (χ3n) is 5.76. The number of nitrogens with zero attached hydrogens (tertiary/aromatic N) is 2. The molecule has 176 valence electrons. The van der Waals surface area contributed by atoms with Crippen LogP contribution < -0.4 is 4.74 Å². The lowest BCUT2D eigenvalue weighted by Gasteiger charge is -2.28. The zero-order chi connectivity index (χ0) is 24.1. The van der Waals surface area contributed by atoms with Gasteiger partial charge in [-0.3, -0.25) is 9.59 Å². The molecule has 7 heteroatoms. The highest BCUT2D eigenvalue weighted by atomic mass is 35.5. The van der Waals surface area contributed by atoms with Crippen LogP contribution in [-0.2, 0) is 9.59 Å². The molecule has 0 unspecified atom stereocenters. The van der Waals surface area contributed by atoms with Gasteiger partial charge in [-0.15, -0.1) is 0 Å². The molecule has 0 aromatic heterocycles. The average Bonchev–Trinajstić information content (AvgIpc) is 3.04. The van der Waals surface area contributed by atoms with Gasteiger partial charge in [-0.25, -0.2) is 0 Å². The first-order chi connectivity index (χ1) is 15.8. The highest BCUT2D eigenvalue weighted by molar-refractivity contribution is 6.46. The van der Waals surface area contributed by atoms with E-state index in [1.165, 1.54) is 4.90 Å². The number of ether oxygens (including phenoxy) is 1. The van der Waals surface area contributed by atoms with Crippen molar-refractivity contribution in [1.82, 2.24) is 9.80 Å². The fourth-order valence-electron chi connectivity index (χ4n) is 4.04. The summed E-state index contributed by atoms with van der Waals surface area (Å²) in [5, 5.41) is 11.7. The van der Waals surface area contributed by atoms with Crippen LogP contribution in [0.25, 0.3) is 5.76 Å². The number of hydrogen-bond donors (Lipinski definition) is 1. The standard InChI is InChI=1S/C26H31ClN2O4/c1-5-28(6-2)14-15-29-23(19-8-7-9-20(27)16-19)22(25(31)26(29)32)24(30)18-10-12-21(13-11-18)33-17(3)4/h7-13,16-17,23,30H,5-6,14-15H2,1-4H3/t23-/m0/s1. The van der Waals surface area contributed by atoms with Gasteiger partial charge in [-0.1, -0.05) is 37.6 Å². The Balaban J connectivity index is 2.05. The Labute approximate surface area is 200 Å². The third kappa shape index (κ3) is 5.57. The number of aliphatic hydroxyl groups is 1.